The van der Waals surface area contributed by atoms with Gasteiger partial charge in [0.15, 0.2) is 5.11 Å². The Morgan fingerprint density at radius 1 is 1.30 bits per heavy atom. The number of thiocarbonyl (C=S) groups is 1. The lowest BCUT2D eigenvalue weighted by Gasteiger charge is -2.27. The van der Waals surface area contributed by atoms with E-state index in [1.807, 2.05) is 58.6 Å². The molecule has 0 fully saturated rings. The highest BCUT2D eigenvalue weighted by Gasteiger charge is 2.18. The Morgan fingerprint density at radius 2 is 1.91 bits per heavy atom. The number of carbonyl (C=O) groups is 1. The van der Waals surface area contributed by atoms with Gasteiger partial charge in [0.2, 0.25) is 5.91 Å². The third-order valence-corrected chi connectivity index (χ3v) is 3.84. The summed E-state index contributed by atoms with van der Waals surface area (Å²) in [5.41, 5.74) is 2.65. The molecule has 1 aromatic carbocycles. The van der Waals surface area contributed by atoms with E-state index in [1.165, 1.54) is 0 Å². The molecule has 1 aromatic rings. The van der Waals surface area contributed by atoms with Gasteiger partial charge in [-0.3, -0.25) is 4.79 Å². The first-order valence-corrected chi connectivity index (χ1v) is 8.45. The van der Waals surface area contributed by atoms with E-state index in [0.29, 0.717) is 16.7 Å². The van der Waals surface area contributed by atoms with Crippen LogP contribution in [0.25, 0.3) is 0 Å². The summed E-state index contributed by atoms with van der Waals surface area (Å²) in [6, 6.07) is 3.93. The van der Waals surface area contributed by atoms with Crippen LogP contribution in [0.15, 0.2) is 12.1 Å². The van der Waals surface area contributed by atoms with Crippen molar-refractivity contribution in [1.29, 1.82) is 0 Å². The molecule has 0 atom stereocenters. The Balaban J connectivity index is 2.80. The number of carbonyl (C=O) groups excluding carboxylic acids is 1. The molecule has 1 rings (SSSR count). The van der Waals surface area contributed by atoms with Crippen molar-refractivity contribution >= 4 is 40.5 Å². The minimum Gasteiger partial charge on any atom is -0.350 e. The minimum atomic E-state index is -0.262. The summed E-state index contributed by atoms with van der Waals surface area (Å²) < 4.78 is 0. The van der Waals surface area contributed by atoms with E-state index >= 15 is 0 Å². The number of nitrogens with zero attached hydrogens (tertiary/aromatic N) is 1. The number of rotatable bonds is 4. The zero-order valence-electron chi connectivity index (χ0n) is 14.7. The van der Waals surface area contributed by atoms with Gasteiger partial charge in [0.1, 0.15) is 0 Å². The van der Waals surface area contributed by atoms with Crippen LogP contribution < -0.4 is 10.6 Å². The number of nitrogens with one attached hydrogen (secondary N) is 2. The van der Waals surface area contributed by atoms with E-state index in [9.17, 15) is 4.79 Å². The third-order valence-electron chi connectivity index (χ3n) is 3.18. The summed E-state index contributed by atoms with van der Waals surface area (Å²) in [6.07, 6.45) is 0. The van der Waals surface area contributed by atoms with Gasteiger partial charge in [-0.1, -0.05) is 17.7 Å². The maximum atomic E-state index is 12.1. The predicted molar refractivity (Wildman–Crippen MR) is 102 cm³/mol. The number of hydrogen-bond donors (Lipinski definition) is 2. The monoisotopic (exact) mass is 355 g/mol. The normalized spacial score (nSPS) is 11.1. The quantitative estimate of drug-likeness (QED) is 0.804. The Bertz CT molecular complexity index is 573. The molecule has 1 amide bonds. The number of likely N-dealkylation sites (N-methyl/N-ethyl adjacent to an activating group) is 1. The fourth-order valence-corrected chi connectivity index (χ4v) is 2.88. The first kappa shape index (κ1) is 19.7. The maximum Gasteiger partial charge on any atom is 0.240 e. The molecule has 2 N–H and O–H groups in total. The van der Waals surface area contributed by atoms with Crippen molar-refractivity contribution in [2.45, 2.75) is 47.1 Å². The lowest BCUT2D eigenvalue weighted by molar-refractivity contribution is -0.122. The molecule has 0 bridgehead atoms. The van der Waals surface area contributed by atoms with Crippen LogP contribution in [0.4, 0.5) is 5.69 Å². The van der Waals surface area contributed by atoms with E-state index in [4.69, 9.17) is 23.8 Å². The maximum absolute atomic E-state index is 12.1. The Morgan fingerprint density at radius 3 is 2.39 bits per heavy atom. The number of aryl methyl sites for hydroxylation is 2. The predicted octanol–water partition coefficient (Wildman–Crippen LogP) is 3.89. The minimum absolute atomic E-state index is 0.0600. The molecule has 0 aliphatic heterocycles. The second-order valence-corrected chi connectivity index (χ2v) is 7.48. The van der Waals surface area contributed by atoms with Crippen LogP contribution in [0, 0.1) is 13.8 Å². The molecule has 0 aromatic heterocycles. The van der Waals surface area contributed by atoms with Crippen LogP contribution in [-0.2, 0) is 4.79 Å². The second kappa shape index (κ2) is 7.97. The smallest absolute Gasteiger partial charge is 0.240 e. The van der Waals surface area contributed by atoms with E-state index < -0.39 is 0 Å². The van der Waals surface area contributed by atoms with Crippen LogP contribution >= 0.6 is 23.8 Å². The summed E-state index contributed by atoms with van der Waals surface area (Å²) in [4.78, 5) is 13.9. The summed E-state index contributed by atoms with van der Waals surface area (Å²) in [7, 11) is 0. The molecule has 0 spiro atoms. The van der Waals surface area contributed by atoms with Crippen LogP contribution in [0.2, 0.25) is 5.02 Å². The average Bonchev–Trinajstić information content (AvgIpc) is 2.37. The zero-order chi connectivity index (χ0) is 17.8. The first-order chi connectivity index (χ1) is 10.5. The van der Waals surface area contributed by atoms with Crippen molar-refractivity contribution in [3.8, 4) is 0 Å². The van der Waals surface area contributed by atoms with Gasteiger partial charge < -0.3 is 15.5 Å². The van der Waals surface area contributed by atoms with Crippen molar-refractivity contribution in [3.05, 3.63) is 28.3 Å². The summed E-state index contributed by atoms with van der Waals surface area (Å²) >= 11 is 11.7. The largest absolute Gasteiger partial charge is 0.350 e. The van der Waals surface area contributed by atoms with Crippen LogP contribution in [-0.4, -0.2) is 34.5 Å². The molecule has 23 heavy (non-hydrogen) atoms. The third kappa shape index (κ3) is 6.36. The van der Waals surface area contributed by atoms with Gasteiger partial charge in [-0.05, 0) is 71.0 Å². The molecule has 0 saturated heterocycles. The lowest BCUT2D eigenvalue weighted by Crippen LogP contribution is -2.48. The highest BCUT2D eigenvalue weighted by Crippen LogP contribution is 2.27. The Labute approximate surface area is 149 Å². The molecule has 0 aliphatic rings. The molecule has 0 unspecified atom stereocenters. The van der Waals surface area contributed by atoms with Gasteiger partial charge in [-0.2, -0.15) is 0 Å². The fraction of sp³-hybridized carbons (Fsp3) is 0.529. The first-order valence-electron chi connectivity index (χ1n) is 7.67. The van der Waals surface area contributed by atoms with Gasteiger partial charge in [0.25, 0.3) is 0 Å². The fourth-order valence-electron chi connectivity index (χ4n) is 2.22. The molecular formula is C17H26ClN3OS. The van der Waals surface area contributed by atoms with Gasteiger partial charge in [-0.15, -0.1) is 0 Å². The van der Waals surface area contributed by atoms with Gasteiger partial charge in [0.05, 0.1) is 17.3 Å². The summed E-state index contributed by atoms with van der Waals surface area (Å²) in [5.74, 6) is -0.0600. The Kier molecular flexibility index (Phi) is 6.84. The molecule has 0 aliphatic carbocycles. The second-order valence-electron chi connectivity index (χ2n) is 6.68. The number of anilines is 1. The number of halogens is 1. The summed E-state index contributed by atoms with van der Waals surface area (Å²) in [5, 5.41) is 7.23. The molecule has 0 radical (unpaired) electrons. The van der Waals surface area contributed by atoms with Crippen molar-refractivity contribution < 1.29 is 4.79 Å². The topological polar surface area (TPSA) is 44.4 Å². The van der Waals surface area contributed by atoms with Crippen LogP contribution in [0.1, 0.15) is 38.8 Å². The standard InChI is InChI=1S/C17H26ClN3OS/c1-7-21(10-14(22)20-17(4,5)6)16(23)19-15-12(3)8-11(2)9-13(15)18/h8-9H,7,10H2,1-6H3,(H,19,23)(H,20,22). The van der Waals surface area contributed by atoms with Gasteiger partial charge in [0, 0.05) is 12.1 Å². The highest BCUT2D eigenvalue weighted by atomic mass is 35.5. The summed E-state index contributed by atoms with van der Waals surface area (Å²) in [6.45, 7) is 12.6. The van der Waals surface area contributed by atoms with E-state index in [1.54, 1.807) is 0 Å². The van der Waals surface area contributed by atoms with Crippen LogP contribution in [0.3, 0.4) is 0 Å². The molecule has 128 valence electrons. The molecule has 6 heteroatoms. The molecular weight excluding hydrogens is 330 g/mol. The number of benzene rings is 1. The molecule has 4 nitrogen and oxygen atoms in total. The van der Waals surface area contributed by atoms with Gasteiger partial charge in [-0.25, -0.2) is 0 Å². The van der Waals surface area contributed by atoms with Crippen LogP contribution in [0.5, 0.6) is 0 Å². The number of hydrogen-bond acceptors (Lipinski definition) is 2. The highest BCUT2D eigenvalue weighted by molar-refractivity contribution is 7.80. The van der Waals surface area contributed by atoms with E-state index in [-0.39, 0.29) is 18.0 Å². The zero-order valence-corrected chi connectivity index (χ0v) is 16.3. The molecule has 0 saturated carbocycles. The van der Waals surface area contributed by atoms with E-state index in [2.05, 4.69) is 10.6 Å². The van der Waals surface area contributed by atoms with E-state index in [0.717, 1.165) is 16.8 Å². The molecule has 0 heterocycles. The van der Waals surface area contributed by atoms with Crippen molar-refractivity contribution in [2.24, 2.45) is 0 Å². The van der Waals surface area contributed by atoms with Crippen molar-refractivity contribution in [1.82, 2.24) is 10.2 Å². The van der Waals surface area contributed by atoms with Crippen molar-refractivity contribution in [2.75, 3.05) is 18.4 Å². The number of amides is 1. The van der Waals surface area contributed by atoms with Crippen molar-refractivity contribution in [3.63, 3.8) is 0 Å². The SMILES string of the molecule is CCN(CC(=O)NC(C)(C)C)C(=S)Nc1c(C)cc(C)cc1Cl. The lowest BCUT2D eigenvalue weighted by atomic mass is 10.1. The Hall–Kier alpha value is -1.33. The van der Waals surface area contributed by atoms with Gasteiger partial charge >= 0.3 is 0 Å². The average molecular weight is 356 g/mol.